The van der Waals surface area contributed by atoms with Crippen molar-refractivity contribution in [3.63, 3.8) is 0 Å². The third-order valence-electron chi connectivity index (χ3n) is 3.93. The molecule has 0 saturated heterocycles. The molecule has 0 spiro atoms. The lowest BCUT2D eigenvalue weighted by Gasteiger charge is -2.31. The van der Waals surface area contributed by atoms with Crippen molar-refractivity contribution >= 4 is 46.4 Å². The molecule has 0 saturated carbocycles. The van der Waals surface area contributed by atoms with Crippen molar-refractivity contribution < 1.29 is 4.79 Å². The summed E-state index contributed by atoms with van der Waals surface area (Å²) >= 11 is 12.3. The van der Waals surface area contributed by atoms with Crippen molar-refractivity contribution in [3.05, 3.63) is 94.5 Å². The zero-order valence-electron chi connectivity index (χ0n) is 14.0. The van der Waals surface area contributed by atoms with E-state index < -0.39 is 0 Å². The summed E-state index contributed by atoms with van der Waals surface area (Å²) in [5, 5.41) is 7.96. The van der Waals surface area contributed by atoms with Crippen molar-refractivity contribution in [2.75, 3.05) is 10.0 Å². The molecule has 0 bridgehead atoms. The van der Waals surface area contributed by atoms with Crippen LogP contribution in [0.3, 0.4) is 0 Å². The number of benzene rings is 3. The third kappa shape index (κ3) is 3.47. The maximum atomic E-state index is 13.0. The van der Waals surface area contributed by atoms with E-state index in [2.05, 4.69) is 10.5 Å². The van der Waals surface area contributed by atoms with E-state index in [-0.39, 0.29) is 6.03 Å². The molecule has 2 amide bonds. The molecule has 1 aliphatic heterocycles. The topological polar surface area (TPSA) is 50.0 Å². The highest BCUT2D eigenvalue weighted by Gasteiger charge is 2.32. The van der Waals surface area contributed by atoms with E-state index in [4.69, 9.17) is 23.2 Å². The maximum absolute atomic E-state index is 13.0. The second-order valence-electron chi connectivity index (χ2n) is 5.73. The molecule has 3 aromatic carbocycles. The fourth-order valence-corrected chi connectivity index (χ4v) is 3.13. The number of nitrogens with zero attached hydrogens (tertiary/aromatic N) is 4. The molecule has 0 unspecified atom stereocenters. The molecule has 0 fully saturated rings. The van der Waals surface area contributed by atoms with E-state index in [1.54, 1.807) is 42.5 Å². The van der Waals surface area contributed by atoms with E-state index in [0.717, 1.165) is 0 Å². The van der Waals surface area contributed by atoms with Gasteiger partial charge in [0.05, 0.1) is 16.4 Å². The first-order chi connectivity index (χ1) is 13.1. The van der Waals surface area contributed by atoms with Gasteiger partial charge in [-0.05, 0) is 42.5 Å². The highest BCUT2D eigenvalue weighted by molar-refractivity contribution is 6.37. The minimum atomic E-state index is -0.388. The normalized spacial score (nSPS) is 14.0. The third-order valence-corrected chi connectivity index (χ3v) is 4.47. The maximum Gasteiger partial charge on any atom is 0.370 e. The molecular formula is C20H13Cl2N4O. The number of amidine groups is 1. The Balaban J connectivity index is 1.83. The number of urea groups is 1. The Morgan fingerprint density at radius 1 is 0.741 bits per heavy atom. The second kappa shape index (κ2) is 7.31. The van der Waals surface area contributed by atoms with Gasteiger partial charge in [-0.25, -0.2) is 4.79 Å². The Labute approximate surface area is 166 Å². The molecule has 4 rings (SSSR count). The van der Waals surface area contributed by atoms with E-state index in [0.29, 0.717) is 32.8 Å². The van der Waals surface area contributed by atoms with Gasteiger partial charge in [-0.15, -0.1) is 10.5 Å². The summed E-state index contributed by atoms with van der Waals surface area (Å²) in [6.45, 7) is 0. The average Bonchev–Trinajstić information content (AvgIpc) is 2.70. The number of hydrogen-bond acceptors (Lipinski definition) is 2. The van der Waals surface area contributed by atoms with Gasteiger partial charge >= 0.3 is 6.03 Å². The first kappa shape index (κ1) is 17.4. The van der Waals surface area contributed by atoms with Crippen LogP contribution in [0.25, 0.3) is 0 Å². The van der Waals surface area contributed by atoms with Crippen molar-refractivity contribution in [1.29, 1.82) is 0 Å². The molecule has 0 aliphatic carbocycles. The SMILES string of the molecule is O=C1N(c2ccccc2)[N]C(c2ccc(Cl)cc2Cl)=NN1c1ccccc1. The molecule has 133 valence electrons. The number of carbonyl (C=O) groups excluding carboxylic acids is 1. The molecule has 0 N–H and O–H groups in total. The number of rotatable bonds is 3. The quantitative estimate of drug-likeness (QED) is 0.591. The lowest BCUT2D eigenvalue weighted by atomic mass is 10.2. The fourth-order valence-electron chi connectivity index (χ4n) is 2.64. The van der Waals surface area contributed by atoms with Crippen molar-refractivity contribution in [1.82, 2.24) is 5.43 Å². The van der Waals surface area contributed by atoms with Gasteiger partial charge in [-0.2, -0.15) is 10.0 Å². The number of para-hydroxylation sites is 2. The van der Waals surface area contributed by atoms with E-state index >= 15 is 0 Å². The molecular weight excluding hydrogens is 383 g/mol. The lowest BCUT2D eigenvalue weighted by molar-refractivity contribution is 0.249. The van der Waals surface area contributed by atoms with Crippen LogP contribution in [0.5, 0.6) is 0 Å². The molecule has 1 aliphatic rings. The number of anilines is 2. The highest BCUT2D eigenvalue weighted by Crippen LogP contribution is 2.27. The van der Waals surface area contributed by atoms with E-state index in [1.165, 1.54) is 10.0 Å². The number of carbonyl (C=O) groups is 1. The first-order valence-electron chi connectivity index (χ1n) is 8.13. The second-order valence-corrected chi connectivity index (χ2v) is 6.57. The zero-order valence-corrected chi connectivity index (χ0v) is 15.5. The molecule has 1 radical (unpaired) electrons. The minimum Gasteiger partial charge on any atom is -0.244 e. The van der Waals surface area contributed by atoms with Gasteiger partial charge in [-0.3, -0.25) is 0 Å². The number of amides is 2. The lowest BCUT2D eigenvalue weighted by Crippen LogP contribution is -2.52. The van der Waals surface area contributed by atoms with Crippen molar-refractivity contribution in [3.8, 4) is 0 Å². The Bertz CT molecular complexity index is 1010. The summed E-state index contributed by atoms with van der Waals surface area (Å²) in [7, 11) is 0. The monoisotopic (exact) mass is 395 g/mol. The van der Waals surface area contributed by atoms with Crippen molar-refractivity contribution in [2.45, 2.75) is 0 Å². The smallest absolute Gasteiger partial charge is 0.244 e. The Morgan fingerprint density at radius 3 is 1.93 bits per heavy atom. The summed E-state index contributed by atoms with van der Waals surface area (Å²) < 4.78 is 0. The summed E-state index contributed by atoms with van der Waals surface area (Å²) in [6.07, 6.45) is 0. The summed E-state index contributed by atoms with van der Waals surface area (Å²) in [5.74, 6) is 0.309. The zero-order chi connectivity index (χ0) is 18.8. The Kier molecular flexibility index (Phi) is 4.71. The highest BCUT2D eigenvalue weighted by atomic mass is 35.5. The van der Waals surface area contributed by atoms with Crippen LogP contribution in [0.2, 0.25) is 10.0 Å². The van der Waals surface area contributed by atoms with Crippen LogP contribution in [0.4, 0.5) is 16.2 Å². The Morgan fingerprint density at radius 2 is 1.33 bits per heavy atom. The Hall–Kier alpha value is -3.02. The fraction of sp³-hybridized carbons (Fsp3) is 0. The van der Waals surface area contributed by atoms with Crippen LogP contribution >= 0.6 is 23.2 Å². The van der Waals surface area contributed by atoms with Crippen LogP contribution in [-0.4, -0.2) is 11.9 Å². The number of halogens is 2. The summed E-state index contributed by atoms with van der Waals surface area (Å²) in [5.41, 5.74) is 6.26. The van der Waals surface area contributed by atoms with Crippen LogP contribution < -0.4 is 15.4 Å². The van der Waals surface area contributed by atoms with Crippen LogP contribution in [0.1, 0.15) is 5.56 Å². The van der Waals surface area contributed by atoms with Gasteiger partial charge in [0.2, 0.25) is 5.84 Å². The molecule has 5 nitrogen and oxygen atoms in total. The molecule has 0 atom stereocenters. The molecule has 3 aromatic rings. The van der Waals surface area contributed by atoms with Gasteiger partial charge in [-0.1, -0.05) is 59.6 Å². The van der Waals surface area contributed by atoms with Crippen LogP contribution in [0, 0.1) is 0 Å². The first-order valence-corrected chi connectivity index (χ1v) is 8.89. The van der Waals surface area contributed by atoms with E-state index in [9.17, 15) is 4.79 Å². The van der Waals surface area contributed by atoms with Gasteiger partial charge in [0, 0.05) is 10.6 Å². The number of hydrazone groups is 1. The largest absolute Gasteiger partial charge is 0.370 e. The van der Waals surface area contributed by atoms with Gasteiger partial charge < -0.3 is 0 Å². The van der Waals surface area contributed by atoms with Gasteiger partial charge in [0.1, 0.15) is 0 Å². The van der Waals surface area contributed by atoms with Gasteiger partial charge in [0.15, 0.2) is 0 Å². The summed E-state index contributed by atoms with van der Waals surface area (Å²) in [4.78, 5) is 13.0. The van der Waals surface area contributed by atoms with Crippen molar-refractivity contribution in [2.24, 2.45) is 5.10 Å². The summed E-state index contributed by atoms with van der Waals surface area (Å²) in [6, 6.07) is 23.0. The predicted molar refractivity (Wildman–Crippen MR) is 108 cm³/mol. The van der Waals surface area contributed by atoms with Crippen LogP contribution in [0.15, 0.2) is 84.0 Å². The van der Waals surface area contributed by atoms with Gasteiger partial charge in [0.25, 0.3) is 0 Å². The molecule has 27 heavy (non-hydrogen) atoms. The average molecular weight is 396 g/mol. The molecule has 0 aromatic heterocycles. The van der Waals surface area contributed by atoms with E-state index in [1.807, 2.05) is 36.4 Å². The molecule has 7 heteroatoms. The predicted octanol–water partition coefficient (Wildman–Crippen LogP) is 5.32. The van der Waals surface area contributed by atoms with Crippen LogP contribution in [-0.2, 0) is 0 Å². The molecule has 1 heterocycles. The standard InChI is InChI=1S/C20H13Cl2N4O/c21-14-11-12-17(18(22)13-14)19-23-25(15-7-3-1-4-8-15)20(27)26(24-19)16-9-5-2-6-10-16/h1-13H. The number of hydrogen-bond donors (Lipinski definition) is 0. The minimum absolute atomic E-state index is 0.309.